The van der Waals surface area contributed by atoms with Gasteiger partial charge in [-0.1, -0.05) is 37.6 Å². The zero-order valence-electron chi connectivity index (χ0n) is 30.3. The van der Waals surface area contributed by atoms with E-state index in [0.717, 1.165) is 18.4 Å². The number of ether oxygens (including phenoxy) is 4. The first-order valence-corrected chi connectivity index (χ1v) is 19.7. The maximum Gasteiger partial charge on any atom is 0.415 e. The second kappa shape index (κ2) is 15.5. The zero-order chi connectivity index (χ0) is 38.9. The number of sulfone groups is 1. The normalized spacial score (nSPS) is 30.4. The minimum absolute atomic E-state index is 0.0194. The van der Waals surface area contributed by atoms with Gasteiger partial charge in [-0.05, 0) is 84.8 Å². The van der Waals surface area contributed by atoms with Crippen molar-refractivity contribution in [2.75, 3.05) is 33.0 Å². The number of allylic oxidation sites excluding steroid dienone is 1. The zero-order valence-corrected chi connectivity index (χ0v) is 31.1. The molecular weight excluding hydrogens is 728 g/mol. The molecule has 1 aromatic carbocycles. The van der Waals surface area contributed by atoms with E-state index in [1.807, 2.05) is 6.92 Å². The fourth-order valence-electron chi connectivity index (χ4n) is 9.52. The molecule has 0 radical (unpaired) electrons. The van der Waals surface area contributed by atoms with Crippen LogP contribution >= 0.6 is 0 Å². The number of rotatable bonds is 15. The number of Topliss-reactive ketones (excluding diaryl/α,β-unsaturated/α-hetero) is 1. The van der Waals surface area contributed by atoms with Crippen LogP contribution < -0.4 is 9.64 Å². The lowest BCUT2D eigenvalue weighted by Crippen LogP contribution is -2.62. The Morgan fingerprint density at radius 2 is 1.70 bits per heavy atom. The molecule has 54 heavy (non-hydrogen) atoms. The van der Waals surface area contributed by atoms with Crippen molar-refractivity contribution >= 4 is 33.3 Å². The summed E-state index contributed by atoms with van der Waals surface area (Å²) in [6.45, 7) is 2.80. The summed E-state index contributed by atoms with van der Waals surface area (Å²) in [6.07, 6.45) is 3.96. The van der Waals surface area contributed by atoms with Crippen LogP contribution in [0.1, 0.15) is 71.6 Å². The lowest BCUT2D eigenvalue weighted by Gasteiger charge is -2.60. The van der Waals surface area contributed by atoms with Crippen LogP contribution in [0.5, 0.6) is 5.88 Å². The minimum Gasteiger partial charge on any atom is -0.463 e. The summed E-state index contributed by atoms with van der Waals surface area (Å²) < 4.78 is 50.8. The number of carbonyl (C=O) groups is 4. The number of carbonyl (C=O) groups excluding carboxylic acids is 4. The third kappa shape index (κ3) is 7.30. The van der Waals surface area contributed by atoms with Gasteiger partial charge in [-0.25, -0.2) is 8.42 Å². The van der Waals surface area contributed by atoms with Crippen molar-refractivity contribution in [2.24, 2.45) is 28.6 Å². The van der Waals surface area contributed by atoms with Crippen LogP contribution in [0.2, 0.25) is 0 Å². The maximum absolute atomic E-state index is 13.5. The quantitative estimate of drug-likeness (QED) is 0.150. The van der Waals surface area contributed by atoms with Crippen molar-refractivity contribution in [1.29, 1.82) is 0 Å². The number of hydrogen-bond donors (Lipinski definition) is 2. The average molecular weight is 775 g/mol. The van der Waals surface area contributed by atoms with Crippen LogP contribution in [0.25, 0.3) is 0 Å². The number of nitrogens with zero attached hydrogens (tertiary/aromatic N) is 2. The molecular formula is C37H46N2O14S. The minimum atomic E-state index is -4.27. The second-order valence-electron chi connectivity index (χ2n) is 15.1. The van der Waals surface area contributed by atoms with E-state index in [2.05, 4.69) is 16.7 Å². The van der Waals surface area contributed by atoms with Crippen LogP contribution in [0, 0.1) is 33.8 Å². The summed E-state index contributed by atoms with van der Waals surface area (Å²) in [6, 6.07) is 7.21. The van der Waals surface area contributed by atoms with E-state index in [4.69, 9.17) is 18.9 Å². The number of fused-ring (bicyclic) bond motifs is 5. The molecule has 1 heterocycles. The molecule has 0 bridgehead atoms. The number of esters is 2. The average Bonchev–Trinajstić information content (AvgIpc) is 3.65. The van der Waals surface area contributed by atoms with Gasteiger partial charge in [0.05, 0.1) is 42.2 Å². The molecule has 0 spiro atoms. The summed E-state index contributed by atoms with van der Waals surface area (Å²) in [4.78, 5) is 49.9. The smallest absolute Gasteiger partial charge is 0.415 e. The van der Waals surface area contributed by atoms with E-state index < -0.39 is 62.2 Å². The predicted molar refractivity (Wildman–Crippen MR) is 183 cm³/mol. The van der Waals surface area contributed by atoms with Gasteiger partial charge in [-0.15, -0.1) is 0 Å². The molecule has 1 aromatic heterocycles. The molecule has 4 aliphatic rings. The topological polar surface area (TPSA) is 233 Å². The van der Waals surface area contributed by atoms with Gasteiger partial charge in [0.15, 0.2) is 12.4 Å². The van der Waals surface area contributed by atoms with Crippen LogP contribution in [0.3, 0.4) is 0 Å². The molecule has 3 saturated carbocycles. The first-order chi connectivity index (χ1) is 25.6. The number of aromatic nitrogens is 2. The third-order valence-corrected chi connectivity index (χ3v) is 13.9. The molecule has 7 atom stereocenters. The Morgan fingerprint density at radius 3 is 2.44 bits per heavy atom. The molecule has 294 valence electrons. The number of aliphatic hydroxyl groups excluding tert-OH is 1. The van der Waals surface area contributed by atoms with Crippen molar-refractivity contribution < 1.29 is 66.3 Å². The first-order valence-electron chi connectivity index (χ1n) is 18.2. The van der Waals surface area contributed by atoms with E-state index in [-0.39, 0.29) is 90.9 Å². The van der Waals surface area contributed by atoms with Crippen molar-refractivity contribution in [3.8, 4) is 5.88 Å². The highest BCUT2D eigenvalue weighted by molar-refractivity contribution is 7.91. The summed E-state index contributed by atoms with van der Waals surface area (Å²) in [5.41, 5.74) is -1.91. The highest BCUT2D eigenvalue weighted by Gasteiger charge is 2.68. The van der Waals surface area contributed by atoms with Crippen molar-refractivity contribution in [3.05, 3.63) is 47.2 Å². The van der Waals surface area contributed by atoms with Crippen molar-refractivity contribution in [3.63, 3.8) is 0 Å². The van der Waals surface area contributed by atoms with Crippen molar-refractivity contribution in [2.45, 2.75) is 93.3 Å². The van der Waals surface area contributed by atoms with E-state index in [1.54, 1.807) is 12.1 Å². The summed E-state index contributed by atoms with van der Waals surface area (Å²) in [5, 5.41) is 37.9. The highest BCUT2D eigenvalue weighted by Crippen LogP contribution is 2.67. The Balaban J connectivity index is 0.894. The van der Waals surface area contributed by atoms with Gasteiger partial charge in [-0.3, -0.25) is 23.8 Å². The predicted octanol–water partition coefficient (Wildman–Crippen LogP) is 2.21. The van der Waals surface area contributed by atoms with Gasteiger partial charge in [0.1, 0.15) is 18.8 Å². The lowest BCUT2D eigenvalue weighted by molar-refractivity contribution is -0.832. The molecule has 17 heteroatoms. The molecule has 6 rings (SSSR count). The molecule has 0 amide bonds. The molecule has 3 fully saturated rings. The maximum atomic E-state index is 13.5. The summed E-state index contributed by atoms with van der Waals surface area (Å²) in [7, 11) is -4.27. The van der Waals surface area contributed by atoms with Crippen molar-refractivity contribution in [1.82, 2.24) is 5.16 Å². The van der Waals surface area contributed by atoms with Crippen LogP contribution in [-0.4, -0.2) is 92.0 Å². The van der Waals surface area contributed by atoms with Crippen LogP contribution in [0.15, 0.2) is 56.5 Å². The van der Waals surface area contributed by atoms with Crippen LogP contribution in [0.4, 0.5) is 0 Å². The molecule has 4 aliphatic carbocycles. The molecule has 0 aliphatic heterocycles. The first kappa shape index (κ1) is 39.5. The number of hydrogen-bond acceptors (Lipinski definition) is 15. The fraction of sp³-hybridized carbons (Fsp3) is 0.622. The van der Waals surface area contributed by atoms with E-state index >= 15 is 0 Å². The Hall–Kier alpha value is -4.19. The second-order valence-corrected chi connectivity index (χ2v) is 17.0. The highest BCUT2D eigenvalue weighted by atomic mass is 32.2. The monoisotopic (exact) mass is 774 g/mol. The number of benzene rings is 1. The number of aliphatic hydroxyl groups is 2. The SMILES string of the molecule is C[C@]12CCC(=O)C=C1CC[C@@H]1[C@@H]2[C@@H](O)C[C@@]2(C)[C@H]1CC[C@]2(O)C(=O)COC(=O)CCC(=O)OCCOCCOc1no[n+]([O-])c1S(=O)(=O)c1ccccc1. The van der Waals surface area contributed by atoms with Gasteiger partial charge < -0.3 is 34.4 Å². The van der Waals surface area contributed by atoms with Gasteiger partial charge in [0.25, 0.3) is 9.84 Å². The molecule has 0 saturated heterocycles. The molecule has 2 aromatic rings. The third-order valence-electron chi connectivity index (χ3n) is 12.2. The number of ketones is 2. The van der Waals surface area contributed by atoms with E-state index in [0.29, 0.717) is 19.3 Å². The summed E-state index contributed by atoms with van der Waals surface area (Å²) in [5.74, 6) is -2.59. The van der Waals surface area contributed by atoms with Gasteiger partial charge >= 0.3 is 22.8 Å². The standard InChI is InChI=1S/C37H46N2O14S/c1-35-14-12-24(40)20-23(35)8-9-26-27-13-15-37(45,36(27,2)21-28(41)32(26)35)29(42)22-52-31(44)11-10-30(43)50-18-16-49-17-19-51-33-34(39(46)53-38-33)54(47,48)25-6-4-3-5-7-25/h3-7,20,26-28,32,41,45H,8-19,21-22H2,1-2H3/t26-,27-,28-,32+,35-,36-,37-/m0/s1. The molecule has 16 nitrogen and oxygen atoms in total. The van der Waals surface area contributed by atoms with E-state index in [9.17, 15) is 43.0 Å². The molecule has 0 unspecified atom stereocenters. The van der Waals surface area contributed by atoms with Gasteiger partial charge in [-0.2, -0.15) is 0 Å². The van der Waals surface area contributed by atoms with Crippen LogP contribution in [-0.2, 0) is 43.2 Å². The Bertz CT molecular complexity index is 1900. The summed E-state index contributed by atoms with van der Waals surface area (Å²) >= 11 is 0. The molecule has 2 N–H and O–H groups in total. The Kier molecular flexibility index (Phi) is 11.3. The largest absolute Gasteiger partial charge is 0.463 e. The van der Waals surface area contributed by atoms with Gasteiger partial charge in [0, 0.05) is 11.8 Å². The lowest BCUT2D eigenvalue weighted by atomic mass is 9.45. The Labute approximate surface area is 312 Å². The van der Waals surface area contributed by atoms with Gasteiger partial charge in [0.2, 0.25) is 5.78 Å². The Morgan fingerprint density at radius 1 is 1.00 bits per heavy atom. The fourth-order valence-corrected chi connectivity index (χ4v) is 10.8. The van der Waals surface area contributed by atoms with E-state index in [1.165, 1.54) is 24.3 Å².